The fourth-order valence-corrected chi connectivity index (χ4v) is 3.08. The fourth-order valence-electron chi connectivity index (χ4n) is 2.91. The molecule has 7 nitrogen and oxygen atoms in total. The van der Waals surface area contributed by atoms with Crippen LogP contribution < -0.4 is 10.1 Å². The summed E-state index contributed by atoms with van der Waals surface area (Å²) >= 11 is 5.95. The molecule has 1 N–H and O–H groups in total. The molecule has 2 aromatic carbocycles. The molecule has 0 saturated carbocycles. The van der Waals surface area contributed by atoms with Gasteiger partial charge in [-0.25, -0.2) is 0 Å². The molecule has 0 radical (unpaired) electrons. The van der Waals surface area contributed by atoms with Crippen molar-refractivity contribution in [2.45, 2.75) is 6.61 Å². The Morgan fingerprint density at radius 2 is 2.12 bits per heavy atom. The first-order chi connectivity index (χ1) is 12.0. The first-order valence-electron chi connectivity index (χ1n) is 7.38. The molecule has 2 aliphatic heterocycles. The maximum atomic E-state index is 12.3. The van der Waals surface area contributed by atoms with Crippen LogP contribution >= 0.6 is 11.6 Å². The number of hydrogen-bond acceptors (Lipinski definition) is 5. The minimum Gasteiger partial charge on any atom is -0.467 e. The number of nitro benzene ring substituents is 1. The van der Waals surface area contributed by atoms with Crippen molar-refractivity contribution >= 4 is 40.5 Å². The summed E-state index contributed by atoms with van der Waals surface area (Å²) in [7, 11) is 0. The van der Waals surface area contributed by atoms with E-state index in [0.29, 0.717) is 38.7 Å². The average Bonchev–Trinajstić information content (AvgIpc) is 2.89. The molecule has 4 rings (SSSR count). The number of fused-ring (bicyclic) bond motifs is 2. The summed E-state index contributed by atoms with van der Waals surface area (Å²) in [5, 5.41) is 14.4. The van der Waals surface area contributed by atoms with Gasteiger partial charge in [0.2, 0.25) is 0 Å². The lowest BCUT2D eigenvalue weighted by Crippen LogP contribution is -2.13. The predicted octanol–water partition coefficient (Wildman–Crippen LogP) is 3.61. The van der Waals surface area contributed by atoms with Crippen molar-refractivity contribution in [2.24, 2.45) is 0 Å². The molecule has 126 valence electrons. The Kier molecular flexibility index (Phi) is 3.67. The first-order valence-corrected chi connectivity index (χ1v) is 7.75. The van der Waals surface area contributed by atoms with Gasteiger partial charge in [0, 0.05) is 39.4 Å². The van der Waals surface area contributed by atoms with Gasteiger partial charge in [0.25, 0.3) is 11.6 Å². The highest BCUT2D eigenvalue weighted by Crippen LogP contribution is 2.39. The maximum absolute atomic E-state index is 12.3. The van der Waals surface area contributed by atoms with E-state index in [0.717, 1.165) is 0 Å². The standard InChI is InChI=1S/C17H11ClN2O5/c18-11-1-2-13-14(17(21)19-15(13)6-11)5-9-3-12(20(22)23)4-10-7-24-8-25-16(9)10/h1-6H,7-8H2,(H,19,21)/b14-5-. The van der Waals surface area contributed by atoms with Gasteiger partial charge in [0.1, 0.15) is 5.75 Å². The number of nitrogens with zero attached hydrogens (tertiary/aromatic N) is 1. The molecule has 8 heteroatoms. The van der Waals surface area contributed by atoms with E-state index >= 15 is 0 Å². The molecule has 25 heavy (non-hydrogen) atoms. The van der Waals surface area contributed by atoms with E-state index in [-0.39, 0.29) is 25.0 Å². The number of halogens is 1. The average molecular weight is 359 g/mol. The summed E-state index contributed by atoms with van der Waals surface area (Å²) < 4.78 is 10.7. The monoisotopic (exact) mass is 358 g/mol. The number of nitrogens with one attached hydrogen (secondary N) is 1. The van der Waals surface area contributed by atoms with Gasteiger partial charge in [-0.1, -0.05) is 17.7 Å². The Bertz CT molecular complexity index is 954. The van der Waals surface area contributed by atoms with Gasteiger partial charge >= 0.3 is 0 Å². The number of ether oxygens (including phenoxy) is 2. The number of hydrogen-bond donors (Lipinski definition) is 1. The normalized spacial score (nSPS) is 16.8. The molecule has 1 amide bonds. The van der Waals surface area contributed by atoms with Crippen LogP contribution in [0.2, 0.25) is 5.02 Å². The number of anilines is 1. The second-order valence-corrected chi connectivity index (χ2v) is 6.03. The van der Waals surface area contributed by atoms with Crippen molar-refractivity contribution in [3.63, 3.8) is 0 Å². The molecule has 0 aliphatic carbocycles. The van der Waals surface area contributed by atoms with Crippen molar-refractivity contribution in [1.82, 2.24) is 0 Å². The van der Waals surface area contributed by atoms with Gasteiger partial charge in [-0.15, -0.1) is 0 Å². The van der Waals surface area contributed by atoms with Crippen molar-refractivity contribution in [2.75, 3.05) is 12.1 Å². The lowest BCUT2D eigenvalue weighted by molar-refractivity contribution is -0.385. The topological polar surface area (TPSA) is 90.7 Å². The highest BCUT2D eigenvalue weighted by Gasteiger charge is 2.26. The highest BCUT2D eigenvalue weighted by atomic mass is 35.5. The fraction of sp³-hybridized carbons (Fsp3) is 0.118. The van der Waals surface area contributed by atoms with Gasteiger partial charge in [0.15, 0.2) is 6.79 Å². The van der Waals surface area contributed by atoms with Crippen LogP contribution in [0.4, 0.5) is 11.4 Å². The highest BCUT2D eigenvalue weighted by molar-refractivity contribution is 6.36. The Hall–Kier alpha value is -2.90. The van der Waals surface area contributed by atoms with Gasteiger partial charge in [-0.05, 0) is 18.2 Å². The molecule has 0 unspecified atom stereocenters. The Morgan fingerprint density at radius 3 is 2.92 bits per heavy atom. The molecule has 2 aliphatic rings. The third-order valence-corrected chi connectivity index (χ3v) is 4.23. The van der Waals surface area contributed by atoms with E-state index in [1.165, 1.54) is 12.1 Å². The van der Waals surface area contributed by atoms with E-state index in [1.54, 1.807) is 24.3 Å². The van der Waals surface area contributed by atoms with Crippen LogP contribution in [0.1, 0.15) is 16.7 Å². The zero-order valence-electron chi connectivity index (χ0n) is 12.7. The van der Waals surface area contributed by atoms with E-state index in [1.807, 2.05) is 0 Å². The molecular weight excluding hydrogens is 348 g/mol. The van der Waals surface area contributed by atoms with Crippen molar-refractivity contribution < 1.29 is 19.2 Å². The Balaban J connectivity index is 1.88. The van der Waals surface area contributed by atoms with Crippen LogP contribution in [0.15, 0.2) is 30.3 Å². The van der Waals surface area contributed by atoms with Crippen molar-refractivity contribution in [3.05, 3.63) is 62.2 Å². The largest absolute Gasteiger partial charge is 0.467 e. The van der Waals surface area contributed by atoms with E-state index in [2.05, 4.69) is 5.32 Å². The second kappa shape index (κ2) is 5.87. The van der Waals surface area contributed by atoms with Crippen molar-refractivity contribution in [3.8, 4) is 5.75 Å². The molecule has 0 spiro atoms. The van der Waals surface area contributed by atoms with Crippen LogP contribution in [0.3, 0.4) is 0 Å². The Labute approximate surface area is 147 Å². The number of benzene rings is 2. The van der Waals surface area contributed by atoms with Crippen LogP contribution in [-0.2, 0) is 16.1 Å². The van der Waals surface area contributed by atoms with Gasteiger partial charge < -0.3 is 14.8 Å². The quantitative estimate of drug-likeness (QED) is 0.503. The van der Waals surface area contributed by atoms with E-state index < -0.39 is 4.92 Å². The third kappa shape index (κ3) is 2.73. The molecule has 2 aromatic rings. The zero-order chi connectivity index (χ0) is 17.6. The number of non-ortho nitro benzene ring substituents is 1. The summed E-state index contributed by atoms with van der Waals surface area (Å²) in [6.07, 6.45) is 1.59. The molecular formula is C17H11ClN2O5. The zero-order valence-corrected chi connectivity index (χ0v) is 13.5. The summed E-state index contributed by atoms with van der Waals surface area (Å²) in [5.74, 6) is 0.184. The summed E-state index contributed by atoms with van der Waals surface area (Å²) in [6.45, 7) is 0.269. The summed E-state index contributed by atoms with van der Waals surface area (Å²) in [6, 6.07) is 7.87. The number of amides is 1. The Morgan fingerprint density at radius 1 is 1.28 bits per heavy atom. The number of carbonyl (C=O) groups is 1. The lowest BCUT2D eigenvalue weighted by atomic mass is 10.0. The van der Waals surface area contributed by atoms with Gasteiger partial charge in [-0.3, -0.25) is 14.9 Å². The van der Waals surface area contributed by atoms with E-state index in [4.69, 9.17) is 21.1 Å². The van der Waals surface area contributed by atoms with E-state index in [9.17, 15) is 14.9 Å². The minimum absolute atomic E-state index is 0.0549. The lowest BCUT2D eigenvalue weighted by Gasteiger charge is -2.19. The smallest absolute Gasteiger partial charge is 0.270 e. The minimum atomic E-state index is -0.487. The number of carbonyl (C=O) groups excluding carboxylic acids is 1. The van der Waals surface area contributed by atoms with Crippen LogP contribution in [0.5, 0.6) is 5.75 Å². The molecule has 2 heterocycles. The van der Waals surface area contributed by atoms with Gasteiger partial charge in [-0.2, -0.15) is 0 Å². The van der Waals surface area contributed by atoms with Crippen LogP contribution in [0.25, 0.3) is 11.6 Å². The van der Waals surface area contributed by atoms with Crippen LogP contribution in [-0.4, -0.2) is 17.6 Å². The van der Waals surface area contributed by atoms with Crippen LogP contribution in [0, 0.1) is 10.1 Å². The maximum Gasteiger partial charge on any atom is 0.270 e. The number of rotatable bonds is 2. The van der Waals surface area contributed by atoms with Gasteiger partial charge in [0.05, 0.1) is 17.2 Å². The number of nitro groups is 1. The SMILES string of the molecule is O=C1Nc2cc(Cl)ccc2/C1=C/c1cc([N+](=O)[O-])cc2c1OCOC2. The molecule has 0 saturated heterocycles. The first kappa shape index (κ1) is 15.6. The van der Waals surface area contributed by atoms with Crippen molar-refractivity contribution in [1.29, 1.82) is 0 Å². The molecule has 0 fully saturated rings. The molecule has 0 bridgehead atoms. The second-order valence-electron chi connectivity index (χ2n) is 5.59. The molecule has 0 aromatic heterocycles. The molecule has 0 atom stereocenters. The third-order valence-electron chi connectivity index (χ3n) is 4.00. The summed E-state index contributed by atoms with van der Waals surface area (Å²) in [4.78, 5) is 23.0. The summed E-state index contributed by atoms with van der Waals surface area (Å²) in [5.41, 5.74) is 2.62. The predicted molar refractivity (Wildman–Crippen MR) is 91.3 cm³/mol.